The Morgan fingerprint density at radius 2 is 1.86 bits per heavy atom. The molecule has 1 N–H and O–H groups in total. The Labute approximate surface area is 165 Å². The third-order valence-electron chi connectivity index (χ3n) is 5.15. The maximum Gasteiger partial charge on any atom is 0.322 e. The molecule has 2 fully saturated rings. The van der Waals surface area contributed by atoms with Gasteiger partial charge in [0, 0.05) is 19.3 Å². The number of hydrogen-bond donors (Lipinski definition) is 1. The van der Waals surface area contributed by atoms with E-state index in [0.29, 0.717) is 30.1 Å². The summed E-state index contributed by atoms with van der Waals surface area (Å²) in [7, 11) is 0. The Morgan fingerprint density at radius 3 is 2.61 bits per heavy atom. The second kappa shape index (κ2) is 9.75. The first-order valence-corrected chi connectivity index (χ1v) is 10.2. The van der Waals surface area contributed by atoms with E-state index >= 15 is 0 Å². The van der Waals surface area contributed by atoms with Gasteiger partial charge in [0.25, 0.3) is 0 Å². The highest BCUT2D eigenvalue weighted by atomic mass is 16.5. The first kappa shape index (κ1) is 19.0. The molecule has 2 aliphatic rings. The van der Waals surface area contributed by atoms with Crippen LogP contribution in [0.5, 0.6) is 6.01 Å². The van der Waals surface area contributed by atoms with E-state index in [-0.39, 0.29) is 6.10 Å². The van der Waals surface area contributed by atoms with Crippen molar-refractivity contribution in [3.63, 3.8) is 0 Å². The van der Waals surface area contributed by atoms with Crippen LogP contribution in [-0.2, 0) is 4.74 Å². The highest BCUT2D eigenvalue weighted by Gasteiger charge is 2.18. The molecule has 1 saturated heterocycles. The van der Waals surface area contributed by atoms with E-state index in [2.05, 4.69) is 30.2 Å². The van der Waals surface area contributed by atoms with Crippen LogP contribution in [0.2, 0.25) is 0 Å². The average molecular weight is 384 g/mol. The third-order valence-corrected chi connectivity index (χ3v) is 5.15. The lowest BCUT2D eigenvalue weighted by Crippen LogP contribution is -2.39. The van der Waals surface area contributed by atoms with Gasteiger partial charge in [0.15, 0.2) is 5.82 Å². The fourth-order valence-corrected chi connectivity index (χ4v) is 3.55. The number of nitrogens with one attached hydrogen (secondary N) is 1. The molecule has 150 valence electrons. The fourth-order valence-electron chi connectivity index (χ4n) is 3.55. The van der Waals surface area contributed by atoms with Crippen molar-refractivity contribution in [1.29, 1.82) is 0 Å². The molecule has 2 aromatic heterocycles. The van der Waals surface area contributed by atoms with Gasteiger partial charge in [-0.3, -0.25) is 9.88 Å². The quantitative estimate of drug-likeness (QED) is 0.761. The van der Waals surface area contributed by atoms with Crippen LogP contribution >= 0.6 is 0 Å². The molecule has 2 aromatic rings. The minimum Gasteiger partial charge on any atom is -0.460 e. The number of nitrogens with zero attached hydrogens (tertiary/aromatic N) is 5. The standard InChI is InChI=1S/C20H28N6O2/c1-2-4-8-16(7-3-1)28-20-24-18(17-9-5-6-10-21-17)23-19(25-20)22-15-26-11-13-27-14-12-26/h5-6,9-10,16H,1-4,7-8,11-15H2,(H,22,23,24,25). The molecule has 0 bridgehead atoms. The highest BCUT2D eigenvalue weighted by molar-refractivity contribution is 5.50. The largest absolute Gasteiger partial charge is 0.460 e. The Kier molecular flexibility index (Phi) is 6.62. The van der Waals surface area contributed by atoms with E-state index in [1.54, 1.807) is 6.20 Å². The van der Waals surface area contributed by atoms with E-state index in [0.717, 1.165) is 39.1 Å². The van der Waals surface area contributed by atoms with Gasteiger partial charge in [0.2, 0.25) is 5.95 Å². The van der Waals surface area contributed by atoms with Gasteiger partial charge in [-0.05, 0) is 37.8 Å². The summed E-state index contributed by atoms with van der Waals surface area (Å²) in [6.45, 7) is 3.98. The van der Waals surface area contributed by atoms with E-state index in [1.165, 1.54) is 25.7 Å². The van der Waals surface area contributed by atoms with E-state index in [9.17, 15) is 0 Å². The summed E-state index contributed by atoms with van der Waals surface area (Å²) >= 11 is 0. The van der Waals surface area contributed by atoms with Gasteiger partial charge in [0.05, 0.1) is 19.9 Å². The second-order valence-corrected chi connectivity index (χ2v) is 7.28. The molecule has 0 atom stereocenters. The summed E-state index contributed by atoms with van der Waals surface area (Å²) in [5.74, 6) is 1.05. The zero-order valence-electron chi connectivity index (χ0n) is 16.2. The molecule has 1 saturated carbocycles. The van der Waals surface area contributed by atoms with Crippen molar-refractivity contribution in [2.24, 2.45) is 0 Å². The van der Waals surface area contributed by atoms with Gasteiger partial charge < -0.3 is 14.8 Å². The zero-order valence-corrected chi connectivity index (χ0v) is 16.2. The average Bonchev–Trinajstić information content (AvgIpc) is 3.02. The van der Waals surface area contributed by atoms with Gasteiger partial charge in [-0.1, -0.05) is 18.9 Å². The molecule has 0 spiro atoms. The number of aromatic nitrogens is 4. The molecule has 8 heteroatoms. The Morgan fingerprint density at radius 1 is 1.04 bits per heavy atom. The molecular formula is C20H28N6O2. The summed E-state index contributed by atoms with van der Waals surface area (Å²) in [6, 6.07) is 6.09. The van der Waals surface area contributed by atoms with Crippen LogP contribution in [0, 0.1) is 0 Å². The van der Waals surface area contributed by atoms with Crippen molar-refractivity contribution in [3.8, 4) is 17.5 Å². The van der Waals surface area contributed by atoms with E-state index in [1.807, 2.05) is 18.2 Å². The van der Waals surface area contributed by atoms with Gasteiger partial charge in [-0.2, -0.15) is 15.0 Å². The monoisotopic (exact) mass is 384 g/mol. The van der Waals surface area contributed by atoms with Crippen molar-refractivity contribution >= 4 is 5.95 Å². The fraction of sp³-hybridized carbons (Fsp3) is 0.600. The van der Waals surface area contributed by atoms with Crippen LogP contribution in [0.15, 0.2) is 24.4 Å². The molecule has 1 aliphatic heterocycles. The zero-order chi connectivity index (χ0) is 19.0. The molecule has 0 radical (unpaired) electrons. The van der Waals surface area contributed by atoms with Crippen LogP contribution in [0.4, 0.5) is 5.95 Å². The van der Waals surface area contributed by atoms with E-state index in [4.69, 9.17) is 9.47 Å². The van der Waals surface area contributed by atoms with Crippen molar-refractivity contribution in [3.05, 3.63) is 24.4 Å². The van der Waals surface area contributed by atoms with Gasteiger partial charge in [-0.15, -0.1) is 0 Å². The van der Waals surface area contributed by atoms with Crippen molar-refractivity contribution < 1.29 is 9.47 Å². The lowest BCUT2D eigenvalue weighted by atomic mass is 10.2. The van der Waals surface area contributed by atoms with Crippen molar-refractivity contribution in [1.82, 2.24) is 24.8 Å². The summed E-state index contributed by atoms with van der Waals surface area (Å²) < 4.78 is 11.6. The summed E-state index contributed by atoms with van der Waals surface area (Å²) in [5.41, 5.74) is 0.713. The number of pyridine rings is 1. The lowest BCUT2D eigenvalue weighted by Gasteiger charge is -2.26. The third kappa shape index (κ3) is 5.36. The van der Waals surface area contributed by atoms with Crippen LogP contribution in [0.25, 0.3) is 11.5 Å². The number of anilines is 1. The number of hydrogen-bond acceptors (Lipinski definition) is 8. The maximum absolute atomic E-state index is 6.17. The second-order valence-electron chi connectivity index (χ2n) is 7.28. The van der Waals surface area contributed by atoms with Crippen LogP contribution < -0.4 is 10.1 Å². The van der Waals surface area contributed by atoms with Gasteiger partial charge in [-0.25, -0.2) is 0 Å². The predicted molar refractivity (Wildman–Crippen MR) is 106 cm³/mol. The Bertz CT molecular complexity index is 731. The summed E-state index contributed by atoms with van der Waals surface area (Å²) in [4.78, 5) is 20.3. The van der Waals surface area contributed by atoms with Crippen LogP contribution in [-0.4, -0.2) is 63.9 Å². The first-order chi connectivity index (χ1) is 13.9. The minimum absolute atomic E-state index is 0.175. The predicted octanol–water partition coefficient (Wildman–Crippen LogP) is 2.74. The van der Waals surface area contributed by atoms with Crippen LogP contribution in [0.3, 0.4) is 0 Å². The highest BCUT2D eigenvalue weighted by Crippen LogP contribution is 2.23. The Hall–Kier alpha value is -2.32. The molecular weight excluding hydrogens is 356 g/mol. The topological polar surface area (TPSA) is 85.3 Å². The van der Waals surface area contributed by atoms with Crippen molar-refractivity contribution in [2.45, 2.75) is 44.6 Å². The van der Waals surface area contributed by atoms with Crippen molar-refractivity contribution in [2.75, 3.05) is 38.3 Å². The molecule has 1 aliphatic carbocycles. The number of rotatable bonds is 6. The lowest BCUT2D eigenvalue weighted by molar-refractivity contribution is 0.0413. The molecule has 8 nitrogen and oxygen atoms in total. The molecule has 0 aromatic carbocycles. The molecule has 4 rings (SSSR count). The van der Waals surface area contributed by atoms with Gasteiger partial charge >= 0.3 is 6.01 Å². The molecule has 0 amide bonds. The maximum atomic E-state index is 6.17. The normalized spacial score (nSPS) is 19.1. The molecule has 0 unspecified atom stereocenters. The molecule has 3 heterocycles. The van der Waals surface area contributed by atoms with E-state index < -0.39 is 0 Å². The number of morpholine rings is 1. The van der Waals surface area contributed by atoms with Crippen LogP contribution in [0.1, 0.15) is 38.5 Å². The number of ether oxygens (including phenoxy) is 2. The summed E-state index contributed by atoms with van der Waals surface area (Å²) in [6.07, 6.45) is 8.99. The minimum atomic E-state index is 0.175. The Balaban J connectivity index is 1.51. The van der Waals surface area contributed by atoms with Gasteiger partial charge in [0.1, 0.15) is 11.8 Å². The SMILES string of the molecule is c1ccc(-c2nc(NCN3CCOCC3)nc(OC3CCCCCC3)n2)nc1. The molecule has 28 heavy (non-hydrogen) atoms. The smallest absolute Gasteiger partial charge is 0.322 e. The first-order valence-electron chi connectivity index (χ1n) is 10.2. The summed E-state index contributed by atoms with van der Waals surface area (Å²) in [5, 5.41) is 3.31.